The highest BCUT2D eigenvalue weighted by Gasteiger charge is 2.21. The second-order valence-corrected chi connectivity index (χ2v) is 4.41. The van der Waals surface area contributed by atoms with Crippen molar-refractivity contribution in [2.45, 2.75) is 25.9 Å². The Morgan fingerprint density at radius 1 is 1.59 bits per heavy atom. The molecule has 2 rings (SSSR count). The first-order valence-electron chi connectivity index (χ1n) is 6.27. The van der Waals surface area contributed by atoms with Gasteiger partial charge in [0.2, 0.25) is 5.88 Å². The summed E-state index contributed by atoms with van der Waals surface area (Å²) in [6.45, 7) is 6.41. The van der Waals surface area contributed by atoms with Crippen LogP contribution in [0.25, 0.3) is 0 Å². The largest absolute Gasteiger partial charge is 0.481 e. The SMILES string of the molecule is CCC1CNCCN1Cc1cccnc1OC. The first-order chi connectivity index (χ1) is 8.35. The van der Waals surface area contributed by atoms with E-state index in [0.29, 0.717) is 6.04 Å². The van der Waals surface area contributed by atoms with E-state index in [-0.39, 0.29) is 0 Å². The molecule has 0 aliphatic carbocycles. The summed E-state index contributed by atoms with van der Waals surface area (Å²) in [4.78, 5) is 6.76. The Labute approximate surface area is 103 Å². The lowest BCUT2D eigenvalue weighted by atomic mass is 10.1. The molecule has 4 heteroatoms. The maximum absolute atomic E-state index is 5.30. The van der Waals surface area contributed by atoms with E-state index in [1.165, 1.54) is 12.0 Å². The average Bonchev–Trinajstić information content (AvgIpc) is 2.40. The van der Waals surface area contributed by atoms with E-state index < -0.39 is 0 Å². The van der Waals surface area contributed by atoms with Crippen LogP contribution in [-0.2, 0) is 6.54 Å². The predicted molar refractivity (Wildman–Crippen MR) is 68.1 cm³/mol. The highest BCUT2D eigenvalue weighted by Crippen LogP contribution is 2.18. The Bertz CT molecular complexity index is 356. The molecule has 0 saturated carbocycles. The molecule has 1 aromatic rings. The zero-order valence-corrected chi connectivity index (χ0v) is 10.6. The molecule has 17 heavy (non-hydrogen) atoms. The number of rotatable bonds is 4. The van der Waals surface area contributed by atoms with Gasteiger partial charge in [-0.15, -0.1) is 0 Å². The Morgan fingerprint density at radius 3 is 3.24 bits per heavy atom. The molecule has 1 N–H and O–H groups in total. The van der Waals surface area contributed by atoms with Crippen LogP contribution in [0.3, 0.4) is 0 Å². The third-order valence-electron chi connectivity index (χ3n) is 3.36. The van der Waals surface area contributed by atoms with Crippen LogP contribution in [0.2, 0.25) is 0 Å². The van der Waals surface area contributed by atoms with Gasteiger partial charge in [0.15, 0.2) is 0 Å². The highest BCUT2D eigenvalue weighted by atomic mass is 16.5. The number of hydrogen-bond donors (Lipinski definition) is 1. The molecule has 0 bridgehead atoms. The van der Waals surface area contributed by atoms with Crippen molar-refractivity contribution in [1.29, 1.82) is 0 Å². The van der Waals surface area contributed by atoms with Crippen LogP contribution < -0.4 is 10.1 Å². The first kappa shape index (κ1) is 12.3. The zero-order chi connectivity index (χ0) is 12.1. The van der Waals surface area contributed by atoms with Gasteiger partial charge in [0.1, 0.15) is 0 Å². The van der Waals surface area contributed by atoms with Crippen molar-refractivity contribution in [2.24, 2.45) is 0 Å². The Balaban J connectivity index is 2.08. The van der Waals surface area contributed by atoms with Gasteiger partial charge in [0.05, 0.1) is 7.11 Å². The van der Waals surface area contributed by atoms with Crippen molar-refractivity contribution in [2.75, 3.05) is 26.7 Å². The monoisotopic (exact) mass is 235 g/mol. The van der Waals surface area contributed by atoms with Crippen molar-refractivity contribution in [3.8, 4) is 5.88 Å². The van der Waals surface area contributed by atoms with Gasteiger partial charge in [-0.05, 0) is 12.5 Å². The van der Waals surface area contributed by atoms with E-state index in [1.54, 1.807) is 13.3 Å². The van der Waals surface area contributed by atoms with Crippen LogP contribution in [0.15, 0.2) is 18.3 Å². The smallest absolute Gasteiger partial charge is 0.217 e. The van der Waals surface area contributed by atoms with Gasteiger partial charge in [0, 0.05) is 44.0 Å². The fraction of sp³-hybridized carbons (Fsp3) is 0.615. The molecule has 2 heterocycles. The van der Waals surface area contributed by atoms with Gasteiger partial charge in [0.25, 0.3) is 0 Å². The first-order valence-corrected chi connectivity index (χ1v) is 6.27. The molecule has 0 aromatic carbocycles. The van der Waals surface area contributed by atoms with E-state index in [0.717, 1.165) is 32.1 Å². The normalized spacial score (nSPS) is 21.4. The van der Waals surface area contributed by atoms with Crippen LogP contribution >= 0.6 is 0 Å². The zero-order valence-electron chi connectivity index (χ0n) is 10.6. The maximum Gasteiger partial charge on any atom is 0.217 e. The summed E-state index contributed by atoms with van der Waals surface area (Å²) in [5.74, 6) is 0.751. The average molecular weight is 235 g/mol. The lowest BCUT2D eigenvalue weighted by Gasteiger charge is -2.35. The van der Waals surface area contributed by atoms with E-state index in [1.807, 2.05) is 6.07 Å². The van der Waals surface area contributed by atoms with Gasteiger partial charge in [-0.2, -0.15) is 0 Å². The minimum Gasteiger partial charge on any atom is -0.481 e. The minimum absolute atomic E-state index is 0.619. The summed E-state index contributed by atoms with van der Waals surface area (Å²) in [5.41, 5.74) is 1.18. The molecule has 4 nitrogen and oxygen atoms in total. The molecule has 0 spiro atoms. The third kappa shape index (κ3) is 2.96. The molecule has 1 atom stereocenters. The number of nitrogens with one attached hydrogen (secondary N) is 1. The number of methoxy groups -OCH3 is 1. The van der Waals surface area contributed by atoms with Gasteiger partial charge >= 0.3 is 0 Å². The Hall–Kier alpha value is -1.13. The fourth-order valence-electron chi connectivity index (χ4n) is 2.36. The van der Waals surface area contributed by atoms with E-state index >= 15 is 0 Å². The minimum atomic E-state index is 0.619. The van der Waals surface area contributed by atoms with Crippen LogP contribution in [0, 0.1) is 0 Å². The number of hydrogen-bond acceptors (Lipinski definition) is 4. The second kappa shape index (κ2) is 5.98. The number of pyridine rings is 1. The van der Waals surface area contributed by atoms with Crippen molar-refractivity contribution in [1.82, 2.24) is 15.2 Å². The summed E-state index contributed by atoms with van der Waals surface area (Å²) >= 11 is 0. The predicted octanol–water partition coefficient (Wildman–Crippen LogP) is 1.27. The summed E-state index contributed by atoms with van der Waals surface area (Å²) in [5, 5.41) is 3.44. The highest BCUT2D eigenvalue weighted by molar-refractivity contribution is 5.25. The van der Waals surface area contributed by atoms with E-state index in [4.69, 9.17) is 4.74 Å². The summed E-state index contributed by atoms with van der Waals surface area (Å²) in [6, 6.07) is 4.69. The lowest BCUT2D eigenvalue weighted by Crippen LogP contribution is -2.50. The second-order valence-electron chi connectivity index (χ2n) is 4.41. The van der Waals surface area contributed by atoms with Crippen molar-refractivity contribution < 1.29 is 4.74 Å². The molecular formula is C13H21N3O. The molecule has 0 radical (unpaired) electrons. The standard InChI is InChI=1S/C13H21N3O/c1-3-12-9-14-7-8-16(12)10-11-5-4-6-15-13(11)17-2/h4-6,12,14H,3,7-10H2,1-2H3. The van der Waals surface area contributed by atoms with Gasteiger partial charge < -0.3 is 10.1 Å². The van der Waals surface area contributed by atoms with Crippen LogP contribution in [-0.4, -0.2) is 42.7 Å². The Kier molecular flexibility index (Phi) is 4.34. The van der Waals surface area contributed by atoms with E-state index in [2.05, 4.69) is 28.2 Å². The molecule has 0 amide bonds. The van der Waals surface area contributed by atoms with Gasteiger partial charge in [-0.1, -0.05) is 13.0 Å². The van der Waals surface area contributed by atoms with Gasteiger partial charge in [-0.25, -0.2) is 4.98 Å². The molecule has 1 aliphatic heterocycles. The fourth-order valence-corrected chi connectivity index (χ4v) is 2.36. The van der Waals surface area contributed by atoms with Gasteiger partial charge in [-0.3, -0.25) is 4.90 Å². The molecule has 1 saturated heterocycles. The molecule has 1 fully saturated rings. The summed E-state index contributed by atoms with van der Waals surface area (Å²) in [7, 11) is 1.68. The quantitative estimate of drug-likeness (QED) is 0.853. The maximum atomic E-state index is 5.30. The van der Waals surface area contributed by atoms with Crippen LogP contribution in [0.5, 0.6) is 5.88 Å². The topological polar surface area (TPSA) is 37.4 Å². The van der Waals surface area contributed by atoms with Crippen LogP contribution in [0.4, 0.5) is 0 Å². The lowest BCUT2D eigenvalue weighted by molar-refractivity contribution is 0.147. The molecule has 1 aromatic heterocycles. The Morgan fingerprint density at radius 2 is 2.47 bits per heavy atom. The summed E-state index contributed by atoms with van der Waals surface area (Å²) < 4.78 is 5.30. The molecular weight excluding hydrogens is 214 g/mol. The molecule has 94 valence electrons. The van der Waals surface area contributed by atoms with Crippen molar-refractivity contribution >= 4 is 0 Å². The van der Waals surface area contributed by atoms with Crippen LogP contribution in [0.1, 0.15) is 18.9 Å². The summed E-state index contributed by atoms with van der Waals surface area (Å²) in [6.07, 6.45) is 2.95. The number of aromatic nitrogens is 1. The number of nitrogens with zero attached hydrogens (tertiary/aromatic N) is 2. The molecule has 1 unspecified atom stereocenters. The third-order valence-corrected chi connectivity index (χ3v) is 3.36. The number of piperazine rings is 1. The molecule has 1 aliphatic rings. The van der Waals surface area contributed by atoms with Crippen molar-refractivity contribution in [3.63, 3.8) is 0 Å². The van der Waals surface area contributed by atoms with Crippen molar-refractivity contribution in [3.05, 3.63) is 23.9 Å². The number of ether oxygens (including phenoxy) is 1. The van der Waals surface area contributed by atoms with E-state index in [9.17, 15) is 0 Å².